The molecular formula is C10H14FN3O4S. The number of carbonyl (C=O) groups is 1. The fourth-order valence-corrected chi connectivity index (χ4v) is 1.90. The van der Waals surface area contributed by atoms with Crippen LogP contribution in [0, 0.1) is 5.82 Å². The van der Waals surface area contributed by atoms with Gasteiger partial charge >= 0.3 is 5.97 Å². The van der Waals surface area contributed by atoms with Crippen molar-refractivity contribution < 1.29 is 22.7 Å². The minimum absolute atomic E-state index is 0.0131. The Balaban J connectivity index is 2.81. The van der Waals surface area contributed by atoms with Gasteiger partial charge in [0.15, 0.2) is 0 Å². The van der Waals surface area contributed by atoms with Crippen molar-refractivity contribution in [1.29, 1.82) is 0 Å². The lowest BCUT2D eigenvalue weighted by Crippen LogP contribution is -2.26. The van der Waals surface area contributed by atoms with Crippen molar-refractivity contribution >= 4 is 27.4 Å². The lowest BCUT2D eigenvalue weighted by molar-refractivity contribution is 0.0692. The zero-order valence-electron chi connectivity index (χ0n) is 10.1. The van der Waals surface area contributed by atoms with E-state index in [0.29, 0.717) is 0 Å². The first-order valence-electron chi connectivity index (χ1n) is 5.24. The van der Waals surface area contributed by atoms with Crippen LogP contribution in [0.5, 0.6) is 0 Å². The maximum atomic E-state index is 13.4. The molecule has 0 saturated heterocycles. The zero-order valence-corrected chi connectivity index (χ0v) is 10.9. The lowest BCUT2D eigenvalue weighted by Gasteiger charge is -2.10. The van der Waals surface area contributed by atoms with E-state index in [9.17, 15) is 17.6 Å². The zero-order chi connectivity index (χ0) is 14.6. The number of carboxylic acids is 1. The smallest absolute Gasteiger partial charge is 0.338 e. The van der Waals surface area contributed by atoms with Crippen LogP contribution in [0.4, 0.5) is 15.8 Å². The summed E-state index contributed by atoms with van der Waals surface area (Å²) in [5, 5.41) is 11.3. The second-order valence-electron chi connectivity index (χ2n) is 3.67. The van der Waals surface area contributed by atoms with Crippen LogP contribution in [0.15, 0.2) is 12.1 Å². The van der Waals surface area contributed by atoms with E-state index < -0.39 is 27.4 Å². The van der Waals surface area contributed by atoms with Gasteiger partial charge in [-0.3, -0.25) is 0 Å². The highest BCUT2D eigenvalue weighted by Gasteiger charge is 2.14. The average Bonchev–Trinajstić information content (AvgIpc) is 2.32. The highest BCUT2D eigenvalue weighted by atomic mass is 32.2. The highest BCUT2D eigenvalue weighted by Crippen LogP contribution is 2.22. The molecule has 0 aliphatic heterocycles. The first-order chi connectivity index (χ1) is 8.76. The third kappa shape index (κ3) is 4.07. The predicted molar refractivity (Wildman–Crippen MR) is 69.1 cm³/mol. The summed E-state index contributed by atoms with van der Waals surface area (Å²) in [7, 11) is -2.09. The molecule has 5 N–H and O–H groups in total. The summed E-state index contributed by atoms with van der Waals surface area (Å²) in [5.41, 5.74) is 5.19. The van der Waals surface area contributed by atoms with Crippen LogP contribution in [0.3, 0.4) is 0 Å². The molecule has 0 aliphatic rings. The van der Waals surface area contributed by atoms with Gasteiger partial charge in [-0.1, -0.05) is 0 Å². The second kappa shape index (κ2) is 5.85. The minimum atomic E-state index is -3.38. The number of halogens is 1. The Kier molecular flexibility index (Phi) is 4.67. The van der Waals surface area contributed by atoms with E-state index in [0.717, 1.165) is 12.1 Å². The molecule has 0 heterocycles. The molecule has 106 valence electrons. The molecule has 0 radical (unpaired) electrons. The van der Waals surface area contributed by atoms with Crippen LogP contribution in [-0.2, 0) is 10.0 Å². The van der Waals surface area contributed by atoms with Gasteiger partial charge in [-0.25, -0.2) is 22.3 Å². The number of aromatic carboxylic acids is 1. The maximum Gasteiger partial charge on any atom is 0.338 e. The molecule has 0 amide bonds. The van der Waals surface area contributed by atoms with Gasteiger partial charge in [-0.05, 0) is 19.2 Å². The van der Waals surface area contributed by atoms with E-state index in [-0.39, 0.29) is 23.7 Å². The van der Waals surface area contributed by atoms with Gasteiger partial charge in [-0.15, -0.1) is 0 Å². The molecule has 0 atom stereocenters. The number of nitrogens with two attached hydrogens (primary N) is 1. The molecule has 0 saturated carbocycles. The van der Waals surface area contributed by atoms with Crippen LogP contribution < -0.4 is 15.8 Å². The number of sulfonamides is 1. The van der Waals surface area contributed by atoms with Gasteiger partial charge in [0.05, 0.1) is 22.7 Å². The maximum absolute atomic E-state index is 13.4. The SMILES string of the molecule is CNS(=O)(=O)CCNc1cc(F)c(C(=O)O)cc1N. The van der Waals surface area contributed by atoms with Gasteiger partial charge < -0.3 is 16.2 Å². The van der Waals surface area contributed by atoms with Crippen molar-refractivity contribution in [1.82, 2.24) is 4.72 Å². The molecular weight excluding hydrogens is 277 g/mol. The molecule has 0 spiro atoms. The molecule has 0 aliphatic carbocycles. The number of nitrogen functional groups attached to an aromatic ring is 1. The second-order valence-corrected chi connectivity index (χ2v) is 5.72. The molecule has 0 bridgehead atoms. The molecule has 19 heavy (non-hydrogen) atoms. The molecule has 7 nitrogen and oxygen atoms in total. The number of anilines is 2. The summed E-state index contributed by atoms with van der Waals surface area (Å²) in [6, 6.07) is 1.90. The minimum Gasteiger partial charge on any atom is -0.478 e. The van der Waals surface area contributed by atoms with Crippen molar-refractivity contribution in [2.24, 2.45) is 0 Å². The number of hydrogen-bond donors (Lipinski definition) is 4. The predicted octanol–water partition coefficient (Wildman–Crippen LogP) is 0.0672. The summed E-state index contributed by atoms with van der Waals surface area (Å²) in [4.78, 5) is 10.7. The number of hydrogen-bond acceptors (Lipinski definition) is 5. The molecule has 0 aromatic heterocycles. The van der Waals surface area contributed by atoms with Crippen molar-refractivity contribution in [3.63, 3.8) is 0 Å². The monoisotopic (exact) mass is 291 g/mol. The van der Waals surface area contributed by atoms with Gasteiger partial charge in [0.2, 0.25) is 10.0 Å². The topological polar surface area (TPSA) is 122 Å². The fourth-order valence-electron chi connectivity index (χ4n) is 1.33. The Morgan fingerprint density at radius 3 is 2.63 bits per heavy atom. The van der Waals surface area contributed by atoms with E-state index in [1.807, 2.05) is 0 Å². The highest BCUT2D eigenvalue weighted by molar-refractivity contribution is 7.89. The Labute approximate surface area is 109 Å². The Morgan fingerprint density at radius 2 is 2.11 bits per heavy atom. The van der Waals surface area contributed by atoms with E-state index in [4.69, 9.17) is 10.8 Å². The number of nitrogens with one attached hydrogen (secondary N) is 2. The van der Waals surface area contributed by atoms with E-state index >= 15 is 0 Å². The molecule has 0 unspecified atom stereocenters. The standard InChI is InChI=1S/C10H14FN3O4S/c1-13-19(17,18)3-2-14-9-5-7(11)6(10(15)16)4-8(9)12/h4-5,13-14H,2-3,12H2,1H3,(H,15,16). The Hall–Kier alpha value is -1.87. The molecule has 9 heteroatoms. The molecule has 0 fully saturated rings. The summed E-state index contributed by atoms with van der Waals surface area (Å²) in [6.07, 6.45) is 0. The summed E-state index contributed by atoms with van der Waals surface area (Å²) < 4.78 is 37.8. The normalized spacial score (nSPS) is 11.3. The summed E-state index contributed by atoms with van der Waals surface area (Å²) >= 11 is 0. The number of rotatable bonds is 6. The van der Waals surface area contributed by atoms with Gasteiger partial charge in [-0.2, -0.15) is 0 Å². The first-order valence-corrected chi connectivity index (χ1v) is 6.89. The lowest BCUT2D eigenvalue weighted by atomic mass is 10.1. The largest absolute Gasteiger partial charge is 0.478 e. The van der Waals surface area contributed by atoms with Gasteiger partial charge in [0.25, 0.3) is 0 Å². The van der Waals surface area contributed by atoms with Crippen molar-refractivity contribution in [2.45, 2.75) is 0 Å². The van der Waals surface area contributed by atoms with Crippen molar-refractivity contribution in [3.05, 3.63) is 23.5 Å². The average molecular weight is 291 g/mol. The van der Waals surface area contributed by atoms with Crippen LogP contribution in [0.1, 0.15) is 10.4 Å². The van der Waals surface area contributed by atoms with Gasteiger partial charge in [0.1, 0.15) is 5.82 Å². The number of benzene rings is 1. The van der Waals surface area contributed by atoms with Crippen molar-refractivity contribution in [2.75, 3.05) is 30.4 Å². The van der Waals surface area contributed by atoms with Crippen molar-refractivity contribution in [3.8, 4) is 0 Å². The third-order valence-corrected chi connectivity index (χ3v) is 3.73. The van der Waals surface area contributed by atoms with E-state index in [2.05, 4.69) is 10.0 Å². The quantitative estimate of drug-likeness (QED) is 0.550. The number of carboxylic acid groups (broad SMARTS) is 1. The summed E-state index contributed by atoms with van der Waals surface area (Å²) in [6.45, 7) is 0.0131. The molecule has 1 aromatic rings. The van der Waals surface area contributed by atoms with Crippen LogP contribution in [0.2, 0.25) is 0 Å². The molecule has 1 aromatic carbocycles. The van der Waals surface area contributed by atoms with E-state index in [1.54, 1.807) is 0 Å². The van der Waals surface area contributed by atoms with Crippen LogP contribution >= 0.6 is 0 Å². The fraction of sp³-hybridized carbons (Fsp3) is 0.300. The van der Waals surface area contributed by atoms with Crippen LogP contribution in [-0.4, -0.2) is 38.8 Å². The third-order valence-electron chi connectivity index (χ3n) is 2.37. The van der Waals surface area contributed by atoms with E-state index in [1.165, 1.54) is 7.05 Å². The molecule has 1 rings (SSSR count). The Bertz CT molecular complexity index is 589. The van der Waals surface area contributed by atoms with Crippen LogP contribution in [0.25, 0.3) is 0 Å². The van der Waals surface area contributed by atoms with Gasteiger partial charge in [0, 0.05) is 6.54 Å². The summed E-state index contributed by atoms with van der Waals surface area (Å²) in [5.74, 6) is -2.58. The first kappa shape index (κ1) is 15.2. The Morgan fingerprint density at radius 1 is 1.47 bits per heavy atom.